The lowest BCUT2D eigenvalue weighted by molar-refractivity contribution is -0.261. The van der Waals surface area contributed by atoms with Gasteiger partial charge in [-0.1, -0.05) is 30.3 Å². The van der Waals surface area contributed by atoms with Gasteiger partial charge in [0.05, 0.1) is 11.3 Å². The molecule has 1 aromatic heterocycles. The summed E-state index contributed by atoms with van der Waals surface area (Å²) in [6, 6.07) is 10.1. The molecule has 1 aromatic carbocycles. The SMILES string of the molecule is Cc1nc(N2CCC(CCCN(C)C(=O)[C@](O)(c3ccccc3)C(F)(F)F)CC2)ccc1C(=O)N(C)C. The quantitative estimate of drug-likeness (QED) is 0.570. The molecule has 2 aromatic rings. The highest BCUT2D eigenvalue weighted by molar-refractivity contribution is 5.95. The number of pyridine rings is 1. The molecule has 10 heteroatoms. The molecule has 37 heavy (non-hydrogen) atoms. The van der Waals surface area contributed by atoms with Crippen molar-refractivity contribution in [2.45, 2.75) is 44.4 Å². The lowest BCUT2D eigenvalue weighted by Crippen LogP contribution is -2.55. The Morgan fingerprint density at radius 2 is 1.68 bits per heavy atom. The molecule has 2 amide bonds. The average Bonchev–Trinajstić information content (AvgIpc) is 2.87. The molecule has 3 rings (SSSR count). The number of hydrogen-bond donors (Lipinski definition) is 1. The van der Waals surface area contributed by atoms with Crippen molar-refractivity contribution in [3.63, 3.8) is 0 Å². The van der Waals surface area contributed by atoms with E-state index in [9.17, 15) is 27.9 Å². The Labute approximate surface area is 215 Å². The van der Waals surface area contributed by atoms with Crippen molar-refractivity contribution in [3.05, 3.63) is 59.3 Å². The molecule has 0 bridgehead atoms. The number of nitrogens with zero attached hydrogens (tertiary/aromatic N) is 4. The number of carbonyl (C=O) groups excluding carboxylic acids is 2. The first kappa shape index (κ1) is 28.4. The van der Waals surface area contributed by atoms with Crippen molar-refractivity contribution in [2.75, 3.05) is 45.7 Å². The first-order chi connectivity index (χ1) is 17.4. The van der Waals surface area contributed by atoms with Crippen molar-refractivity contribution in [3.8, 4) is 0 Å². The van der Waals surface area contributed by atoms with Crippen molar-refractivity contribution in [1.29, 1.82) is 0 Å². The van der Waals surface area contributed by atoms with Gasteiger partial charge in [0.2, 0.25) is 0 Å². The van der Waals surface area contributed by atoms with E-state index in [1.54, 1.807) is 20.2 Å². The molecule has 2 heterocycles. The highest BCUT2D eigenvalue weighted by atomic mass is 19.4. The van der Waals surface area contributed by atoms with Gasteiger partial charge in [-0.15, -0.1) is 0 Å². The third kappa shape index (κ3) is 6.23. The molecule has 7 nitrogen and oxygen atoms in total. The number of amides is 2. The number of rotatable bonds is 8. The number of halogens is 3. The average molecular weight is 521 g/mol. The second kappa shape index (κ2) is 11.5. The van der Waals surface area contributed by atoms with Crippen LogP contribution >= 0.6 is 0 Å². The fraction of sp³-hybridized carbons (Fsp3) is 0.519. The third-order valence-electron chi connectivity index (χ3n) is 7.01. The standard InChI is InChI=1S/C27H35F3N4O3/c1-19-22(24(35)32(2)3)12-13-23(31-19)34-17-14-20(15-18-34)9-8-16-33(4)25(36)26(37,27(28,29)30)21-10-6-5-7-11-21/h5-7,10-13,20,37H,8-9,14-18H2,1-4H3/t26-/m1/s1. The van der Waals surface area contributed by atoms with E-state index in [2.05, 4.69) is 9.88 Å². The summed E-state index contributed by atoms with van der Waals surface area (Å²) >= 11 is 0. The van der Waals surface area contributed by atoms with Gasteiger partial charge in [0.15, 0.2) is 0 Å². The second-order valence-electron chi connectivity index (χ2n) is 9.88. The summed E-state index contributed by atoms with van der Waals surface area (Å²) in [6.45, 7) is 3.51. The number of anilines is 1. The zero-order chi connectivity index (χ0) is 27.4. The van der Waals surface area contributed by atoms with Gasteiger partial charge < -0.3 is 19.8 Å². The summed E-state index contributed by atoms with van der Waals surface area (Å²) in [5.41, 5.74) is -2.81. The summed E-state index contributed by atoms with van der Waals surface area (Å²) in [5.74, 6) is -0.259. The number of carbonyl (C=O) groups is 2. The Morgan fingerprint density at radius 1 is 1.05 bits per heavy atom. The molecule has 1 aliphatic heterocycles. The van der Waals surface area contributed by atoms with E-state index in [0.29, 0.717) is 23.6 Å². The number of piperidine rings is 1. The van der Waals surface area contributed by atoms with E-state index in [1.807, 2.05) is 13.0 Å². The number of alkyl halides is 3. The molecule has 0 saturated carbocycles. The normalized spacial score (nSPS) is 16.3. The molecule has 1 atom stereocenters. The van der Waals surface area contributed by atoms with Gasteiger partial charge >= 0.3 is 6.18 Å². The molecule has 0 spiro atoms. The van der Waals surface area contributed by atoms with Gasteiger partial charge in [0.1, 0.15) is 5.82 Å². The maximum Gasteiger partial charge on any atom is 0.430 e. The molecule has 202 valence electrons. The van der Waals surface area contributed by atoms with E-state index in [4.69, 9.17) is 0 Å². The van der Waals surface area contributed by atoms with Crippen LogP contribution in [0.25, 0.3) is 0 Å². The zero-order valence-electron chi connectivity index (χ0n) is 21.8. The van der Waals surface area contributed by atoms with Crippen molar-refractivity contribution >= 4 is 17.6 Å². The predicted molar refractivity (Wildman–Crippen MR) is 135 cm³/mol. The molecular weight excluding hydrogens is 485 g/mol. The van der Waals surface area contributed by atoms with Crippen LogP contribution in [-0.2, 0) is 10.4 Å². The minimum Gasteiger partial charge on any atom is -0.369 e. The van der Waals surface area contributed by atoms with Crippen molar-refractivity contribution in [1.82, 2.24) is 14.8 Å². The second-order valence-corrected chi connectivity index (χ2v) is 9.88. The van der Waals surface area contributed by atoms with Gasteiger partial charge in [-0.05, 0) is 50.7 Å². The number of benzene rings is 1. The molecule has 1 fully saturated rings. The summed E-state index contributed by atoms with van der Waals surface area (Å²) < 4.78 is 41.4. The molecule has 0 unspecified atom stereocenters. The number of aliphatic hydroxyl groups is 1. The Bertz CT molecular complexity index is 1090. The van der Waals surface area contributed by atoms with Gasteiger partial charge in [-0.3, -0.25) is 9.59 Å². The maximum absolute atomic E-state index is 13.8. The molecule has 0 aliphatic carbocycles. The van der Waals surface area contributed by atoms with Gasteiger partial charge in [0.25, 0.3) is 17.4 Å². The van der Waals surface area contributed by atoms with Crippen LogP contribution in [0.3, 0.4) is 0 Å². The Kier molecular flexibility index (Phi) is 8.84. The van der Waals surface area contributed by atoms with E-state index >= 15 is 0 Å². The minimum atomic E-state index is -5.14. The number of hydrogen-bond acceptors (Lipinski definition) is 5. The molecule has 1 saturated heterocycles. The summed E-state index contributed by atoms with van der Waals surface area (Å²) in [4.78, 5) is 34.3. The van der Waals surface area contributed by atoms with Crippen LogP contribution in [0.4, 0.5) is 19.0 Å². The summed E-state index contributed by atoms with van der Waals surface area (Å²) in [5, 5.41) is 10.5. The predicted octanol–water partition coefficient (Wildman–Crippen LogP) is 4.00. The number of aromatic nitrogens is 1. The van der Waals surface area contributed by atoms with E-state index in [0.717, 1.165) is 55.2 Å². The zero-order valence-corrected chi connectivity index (χ0v) is 21.8. The van der Waals surface area contributed by atoms with Crippen LogP contribution in [0.1, 0.15) is 47.3 Å². The topological polar surface area (TPSA) is 77.0 Å². The lowest BCUT2D eigenvalue weighted by atomic mass is 9.90. The van der Waals surface area contributed by atoms with Crippen LogP contribution < -0.4 is 4.90 Å². The van der Waals surface area contributed by atoms with E-state index < -0.39 is 23.2 Å². The smallest absolute Gasteiger partial charge is 0.369 e. The largest absolute Gasteiger partial charge is 0.430 e. The molecular formula is C27H35F3N4O3. The first-order valence-electron chi connectivity index (χ1n) is 12.4. The van der Waals surface area contributed by atoms with Crippen molar-refractivity contribution < 1.29 is 27.9 Å². The molecule has 1 aliphatic rings. The van der Waals surface area contributed by atoms with Gasteiger partial charge in [-0.25, -0.2) is 4.98 Å². The summed E-state index contributed by atoms with van der Waals surface area (Å²) in [6.07, 6.45) is -2.05. The lowest BCUT2D eigenvalue weighted by Gasteiger charge is -2.34. The Balaban J connectivity index is 1.52. The fourth-order valence-corrected chi connectivity index (χ4v) is 4.72. The first-order valence-corrected chi connectivity index (χ1v) is 12.4. The monoisotopic (exact) mass is 520 g/mol. The van der Waals surface area contributed by atoms with Crippen LogP contribution in [0.2, 0.25) is 0 Å². The summed E-state index contributed by atoms with van der Waals surface area (Å²) in [7, 11) is 4.70. The number of likely N-dealkylation sites (N-methyl/N-ethyl adjacent to an activating group) is 1. The van der Waals surface area contributed by atoms with Gasteiger partial charge in [0, 0.05) is 46.3 Å². The fourth-order valence-electron chi connectivity index (χ4n) is 4.72. The highest BCUT2D eigenvalue weighted by Gasteiger charge is 2.61. The Hall–Kier alpha value is -3.14. The van der Waals surface area contributed by atoms with Crippen LogP contribution in [0.15, 0.2) is 42.5 Å². The van der Waals surface area contributed by atoms with Gasteiger partial charge in [-0.2, -0.15) is 13.2 Å². The maximum atomic E-state index is 13.8. The van der Waals surface area contributed by atoms with Crippen LogP contribution in [0, 0.1) is 12.8 Å². The molecule has 1 N–H and O–H groups in total. The molecule has 0 radical (unpaired) electrons. The van der Waals surface area contributed by atoms with Crippen molar-refractivity contribution in [2.24, 2.45) is 5.92 Å². The highest BCUT2D eigenvalue weighted by Crippen LogP contribution is 2.40. The van der Waals surface area contributed by atoms with E-state index in [1.165, 1.54) is 30.1 Å². The third-order valence-corrected chi connectivity index (χ3v) is 7.01. The van der Waals surface area contributed by atoms with Crippen LogP contribution in [0.5, 0.6) is 0 Å². The van der Waals surface area contributed by atoms with E-state index in [-0.39, 0.29) is 12.5 Å². The Morgan fingerprint density at radius 3 is 2.22 bits per heavy atom. The minimum absolute atomic E-state index is 0.0869. The van der Waals surface area contributed by atoms with Crippen LogP contribution in [-0.4, -0.2) is 78.7 Å². The number of aryl methyl sites for hydroxylation is 1.